The van der Waals surface area contributed by atoms with Crippen LogP contribution in [-0.2, 0) is 4.79 Å². The Bertz CT molecular complexity index is 959. The summed E-state index contributed by atoms with van der Waals surface area (Å²) in [5, 5.41) is -0.222. The van der Waals surface area contributed by atoms with Gasteiger partial charge < -0.3 is 9.47 Å². The normalized spacial score (nSPS) is 18.9. The third kappa shape index (κ3) is 3.58. The van der Waals surface area contributed by atoms with Crippen molar-refractivity contribution in [2.45, 2.75) is 17.5 Å². The first-order valence-corrected chi connectivity index (χ1v) is 10.1. The Morgan fingerprint density at radius 3 is 2.21 bits per heavy atom. The molecule has 5 heteroatoms. The van der Waals surface area contributed by atoms with E-state index in [-0.39, 0.29) is 16.5 Å². The molecule has 0 saturated carbocycles. The first-order valence-electron chi connectivity index (χ1n) is 9.12. The largest absolute Gasteiger partial charge is 0.495 e. The van der Waals surface area contributed by atoms with Crippen molar-refractivity contribution in [1.82, 2.24) is 0 Å². The Morgan fingerprint density at radius 1 is 0.857 bits per heavy atom. The molecule has 0 aliphatic carbocycles. The number of thioether (sulfide) groups is 1. The molecule has 1 aliphatic heterocycles. The minimum absolute atomic E-state index is 0.0871. The summed E-state index contributed by atoms with van der Waals surface area (Å²) in [7, 11) is 1.63. The highest BCUT2D eigenvalue weighted by Gasteiger charge is 2.40. The summed E-state index contributed by atoms with van der Waals surface area (Å²) < 4.78 is 11.4. The zero-order chi connectivity index (χ0) is 19.5. The van der Waals surface area contributed by atoms with E-state index in [0.717, 1.165) is 22.7 Å². The first-order chi connectivity index (χ1) is 13.7. The van der Waals surface area contributed by atoms with Crippen molar-refractivity contribution >= 4 is 23.4 Å². The van der Waals surface area contributed by atoms with Gasteiger partial charge in [0, 0.05) is 0 Å². The molecule has 0 aromatic heterocycles. The van der Waals surface area contributed by atoms with Gasteiger partial charge in [-0.1, -0.05) is 42.5 Å². The summed E-state index contributed by atoms with van der Waals surface area (Å²) >= 11 is 1.64. The monoisotopic (exact) mass is 391 g/mol. The van der Waals surface area contributed by atoms with E-state index in [9.17, 15) is 4.79 Å². The lowest BCUT2D eigenvalue weighted by molar-refractivity contribution is -0.117. The van der Waals surface area contributed by atoms with Gasteiger partial charge in [0.1, 0.15) is 22.6 Å². The molecule has 0 N–H and O–H groups in total. The van der Waals surface area contributed by atoms with Crippen molar-refractivity contribution in [3.05, 3.63) is 84.4 Å². The highest BCUT2D eigenvalue weighted by molar-refractivity contribution is 8.01. The minimum atomic E-state index is -0.116. The molecule has 0 bridgehead atoms. The number of rotatable bonds is 5. The van der Waals surface area contributed by atoms with Gasteiger partial charge in [-0.2, -0.15) is 0 Å². The third-order valence-corrected chi connectivity index (χ3v) is 5.99. The lowest BCUT2D eigenvalue weighted by atomic mass is 10.1. The Morgan fingerprint density at radius 2 is 1.50 bits per heavy atom. The predicted octanol–water partition coefficient (Wildman–Crippen LogP) is 5.65. The average Bonchev–Trinajstić information content (AvgIpc) is 3.03. The smallest absolute Gasteiger partial charge is 0.241 e. The second-order valence-corrected chi connectivity index (χ2v) is 7.92. The number of amides is 1. The molecule has 0 spiro atoms. The Kier molecular flexibility index (Phi) is 5.26. The fraction of sp³-hybridized carbons (Fsp3) is 0.174. The third-order valence-electron chi connectivity index (χ3n) is 4.64. The minimum Gasteiger partial charge on any atom is -0.495 e. The molecule has 28 heavy (non-hydrogen) atoms. The number of carbonyl (C=O) groups is 1. The van der Waals surface area contributed by atoms with Gasteiger partial charge in [0.25, 0.3) is 0 Å². The van der Waals surface area contributed by atoms with Crippen molar-refractivity contribution in [2.75, 3.05) is 12.0 Å². The standard InChI is InChI=1S/C23H21NO3S/c1-16-22(25)24(20-10-6-7-11-21(20)26-2)23(28-16)17-12-14-19(15-13-17)27-18-8-4-3-5-9-18/h3-16,23H,1-2H3/t16-,23-/m1/s1. The molecule has 0 radical (unpaired) electrons. The summed E-state index contributed by atoms with van der Waals surface area (Å²) in [6.07, 6.45) is 0. The van der Waals surface area contributed by atoms with Gasteiger partial charge in [-0.15, -0.1) is 11.8 Å². The molecule has 1 amide bonds. The summed E-state index contributed by atoms with van der Waals surface area (Å²) in [4.78, 5) is 14.7. The maximum atomic E-state index is 12.9. The average molecular weight is 391 g/mol. The summed E-state index contributed by atoms with van der Waals surface area (Å²) in [6.45, 7) is 1.95. The van der Waals surface area contributed by atoms with Crippen LogP contribution in [-0.4, -0.2) is 18.3 Å². The van der Waals surface area contributed by atoms with Crippen LogP contribution in [0.1, 0.15) is 17.9 Å². The Hall–Kier alpha value is -2.92. The molecule has 4 nitrogen and oxygen atoms in total. The van der Waals surface area contributed by atoms with Gasteiger partial charge >= 0.3 is 0 Å². The SMILES string of the molecule is COc1ccccc1N1C(=O)[C@@H](C)S[C@@H]1c1ccc(Oc2ccccc2)cc1. The van der Waals surface area contributed by atoms with Crippen LogP contribution < -0.4 is 14.4 Å². The molecule has 3 aromatic carbocycles. The number of benzene rings is 3. The van der Waals surface area contributed by atoms with Crippen LogP contribution in [0.3, 0.4) is 0 Å². The number of ether oxygens (including phenoxy) is 2. The molecule has 1 saturated heterocycles. The van der Waals surface area contributed by atoms with Crippen molar-refractivity contribution < 1.29 is 14.3 Å². The van der Waals surface area contributed by atoms with Crippen LogP contribution in [0, 0.1) is 0 Å². The molecule has 1 fully saturated rings. The topological polar surface area (TPSA) is 38.8 Å². The zero-order valence-corrected chi connectivity index (χ0v) is 16.6. The quantitative estimate of drug-likeness (QED) is 0.563. The number of hydrogen-bond donors (Lipinski definition) is 0. The number of para-hydroxylation sites is 3. The van der Waals surface area contributed by atoms with Crippen LogP contribution in [0.15, 0.2) is 78.9 Å². The van der Waals surface area contributed by atoms with Crippen molar-refractivity contribution in [2.24, 2.45) is 0 Å². The summed E-state index contributed by atoms with van der Waals surface area (Å²) in [5.41, 5.74) is 1.84. The van der Waals surface area contributed by atoms with E-state index in [0.29, 0.717) is 5.75 Å². The van der Waals surface area contributed by atoms with Gasteiger partial charge in [-0.3, -0.25) is 9.69 Å². The van der Waals surface area contributed by atoms with Crippen molar-refractivity contribution in [3.63, 3.8) is 0 Å². The van der Waals surface area contributed by atoms with Crippen LogP contribution >= 0.6 is 11.8 Å². The van der Waals surface area contributed by atoms with Crippen molar-refractivity contribution in [3.8, 4) is 17.2 Å². The van der Waals surface area contributed by atoms with Crippen LogP contribution in [0.4, 0.5) is 5.69 Å². The molecule has 142 valence electrons. The van der Waals surface area contributed by atoms with Gasteiger partial charge in [0.2, 0.25) is 5.91 Å². The molecule has 0 unspecified atom stereocenters. The molecule has 3 aromatic rings. The maximum Gasteiger partial charge on any atom is 0.241 e. The van der Waals surface area contributed by atoms with E-state index in [1.165, 1.54) is 0 Å². The molecular formula is C23H21NO3S. The fourth-order valence-electron chi connectivity index (χ4n) is 3.25. The van der Waals surface area contributed by atoms with Crippen LogP contribution in [0.2, 0.25) is 0 Å². The zero-order valence-electron chi connectivity index (χ0n) is 15.7. The van der Waals surface area contributed by atoms with Gasteiger partial charge in [-0.05, 0) is 48.9 Å². The predicted molar refractivity (Wildman–Crippen MR) is 113 cm³/mol. The number of methoxy groups -OCH3 is 1. The molecule has 1 aliphatic rings. The van der Waals surface area contributed by atoms with Crippen LogP contribution in [0.25, 0.3) is 0 Å². The Labute approximate surface area is 169 Å². The summed E-state index contributed by atoms with van der Waals surface area (Å²) in [5.74, 6) is 2.34. The number of anilines is 1. The lowest BCUT2D eigenvalue weighted by Gasteiger charge is -2.26. The van der Waals surface area contributed by atoms with E-state index >= 15 is 0 Å². The van der Waals surface area contributed by atoms with E-state index < -0.39 is 0 Å². The van der Waals surface area contributed by atoms with E-state index in [4.69, 9.17) is 9.47 Å². The molecule has 2 atom stereocenters. The van der Waals surface area contributed by atoms with E-state index in [1.807, 2.05) is 90.7 Å². The van der Waals surface area contributed by atoms with Gasteiger partial charge in [-0.25, -0.2) is 0 Å². The summed E-state index contributed by atoms with van der Waals surface area (Å²) in [6, 6.07) is 25.2. The Balaban J connectivity index is 1.62. The van der Waals surface area contributed by atoms with E-state index in [1.54, 1.807) is 18.9 Å². The van der Waals surface area contributed by atoms with E-state index in [2.05, 4.69) is 0 Å². The molecular weight excluding hydrogens is 370 g/mol. The first kappa shape index (κ1) is 18.4. The van der Waals surface area contributed by atoms with Crippen LogP contribution in [0.5, 0.6) is 17.2 Å². The lowest BCUT2D eigenvalue weighted by Crippen LogP contribution is -2.30. The number of nitrogens with zero attached hydrogens (tertiary/aromatic N) is 1. The van der Waals surface area contributed by atoms with Gasteiger partial charge in [0.15, 0.2) is 0 Å². The fourth-order valence-corrected chi connectivity index (χ4v) is 4.52. The second kappa shape index (κ2) is 7.98. The van der Waals surface area contributed by atoms with Gasteiger partial charge in [0.05, 0.1) is 18.0 Å². The highest BCUT2D eigenvalue weighted by Crippen LogP contribution is 2.48. The number of carbonyl (C=O) groups excluding carboxylic acids is 1. The van der Waals surface area contributed by atoms with Crippen molar-refractivity contribution in [1.29, 1.82) is 0 Å². The highest BCUT2D eigenvalue weighted by atomic mass is 32.2. The molecule has 4 rings (SSSR count). The molecule has 1 heterocycles. The maximum absolute atomic E-state index is 12.9. The number of hydrogen-bond acceptors (Lipinski definition) is 4. The second-order valence-electron chi connectivity index (χ2n) is 6.49.